The summed E-state index contributed by atoms with van der Waals surface area (Å²) in [5.74, 6) is 0.712. The molecular formula is C11H17NOS. The summed E-state index contributed by atoms with van der Waals surface area (Å²) in [5, 5.41) is 9.40. The Morgan fingerprint density at radius 3 is 2.79 bits per heavy atom. The third kappa shape index (κ3) is 3.24. The van der Waals surface area contributed by atoms with Gasteiger partial charge in [-0.2, -0.15) is 0 Å². The van der Waals surface area contributed by atoms with E-state index in [-0.39, 0.29) is 6.10 Å². The molecule has 0 heterocycles. The number of anilines is 1. The lowest BCUT2D eigenvalue weighted by Crippen LogP contribution is -2.07. The van der Waals surface area contributed by atoms with E-state index in [9.17, 15) is 5.11 Å². The fourth-order valence-electron chi connectivity index (χ4n) is 1.10. The van der Waals surface area contributed by atoms with Gasteiger partial charge in [0.05, 0.1) is 6.10 Å². The molecule has 3 N–H and O–H groups in total. The Bertz CT molecular complexity index is 301. The maximum atomic E-state index is 9.40. The van der Waals surface area contributed by atoms with E-state index in [0.717, 1.165) is 17.0 Å². The topological polar surface area (TPSA) is 46.2 Å². The van der Waals surface area contributed by atoms with E-state index in [1.54, 1.807) is 11.8 Å². The molecule has 1 atom stereocenters. The van der Waals surface area contributed by atoms with Gasteiger partial charge in [0.15, 0.2) is 0 Å². The number of hydrogen-bond acceptors (Lipinski definition) is 3. The molecule has 0 saturated heterocycles. The van der Waals surface area contributed by atoms with Crippen LogP contribution in [0.15, 0.2) is 23.1 Å². The average molecular weight is 211 g/mol. The number of aryl methyl sites for hydroxylation is 1. The van der Waals surface area contributed by atoms with Crippen molar-refractivity contribution in [1.29, 1.82) is 0 Å². The minimum Gasteiger partial charge on any atom is -0.398 e. The van der Waals surface area contributed by atoms with Crippen LogP contribution in [-0.4, -0.2) is 17.0 Å². The molecule has 1 aromatic rings. The Morgan fingerprint density at radius 2 is 2.21 bits per heavy atom. The minimum atomic E-state index is -0.235. The van der Waals surface area contributed by atoms with Crippen molar-refractivity contribution in [2.75, 3.05) is 11.5 Å². The SMILES string of the molecule is CCC(O)CSc1ccc(C)cc1N. The van der Waals surface area contributed by atoms with Crippen LogP contribution in [0.3, 0.4) is 0 Å². The molecule has 0 amide bonds. The highest BCUT2D eigenvalue weighted by molar-refractivity contribution is 7.99. The number of nitrogen functional groups attached to an aromatic ring is 1. The molecule has 0 spiro atoms. The molecule has 0 saturated carbocycles. The number of aliphatic hydroxyl groups excluding tert-OH is 1. The van der Waals surface area contributed by atoms with Gasteiger partial charge in [-0.3, -0.25) is 0 Å². The Morgan fingerprint density at radius 1 is 1.50 bits per heavy atom. The van der Waals surface area contributed by atoms with E-state index in [2.05, 4.69) is 0 Å². The summed E-state index contributed by atoms with van der Waals surface area (Å²) in [7, 11) is 0. The lowest BCUT2D eigenvalue weighted by atomic mass is 10.2. The van der Waals surface area contributed by atoms with Crippen molar-refractivity contribution >= 4 is 17.4 Å². The molecule has 0 fully saturated rings. The summed E-state index contributed by atoms with van der Waals surface area (Å²) in [4.78, 5) is 1.06. The van der Waals surface area contributed by atoms with Crippen LogP contribution in [0.25, 0.3) is 0 Å². The first-order valence-corrected chi connectivity index (χ1v) is 5.79. The number of benzene rings is 1. The van der Waals surface area contributed by atoms with Gasteiger partial charge in [0.25, 0.3) is 0 Å². The van der Waals surface area contributed by atoms with Gasteiger partial charge in [-0.25, -0.2) is 0 Å². The number of aliphatic hydroxyl groups is 1. The second kappa shape index (κ2) is 5.27. The second-order valence-corrected chi connectivity index (χ2v) is 4.48. The fraction of sp³-hybridized carbons (Fsp3) is 0.455. The first-order valence-electron chi connectivity index (χ1n) is 4.80. The van der Waals surface area contributed by atoms with Crippen LogP contribution in [0, 0.1) is 6.92 Å². The first kappa shape index (κ1) is 11.4. The molecule has 1 rings (SSSR count). The largest absolute Gasteiger partial charge is 0.398 e. The van der Waals surface area contributed by atoms with Crippen molar-refractivity contribution < 1.29 is 5.11 Å². The van der Waals surface area contributed by atoms with Gasteiger partial charge in [-0.05, 0) is 31.0 Å². The number of nitrogens with two attached hydrogens (primary N) is 1. The van der Waals surface area contributed by atoms with Crippen molar-refractivity contribution in [2.45, 2.75) is 31.3 Å². The highest BCUT2D eigenvalue weighted by Crippen LogP contribution is 2.26. The smallest absolute Gasteiger partial charge is 0.0631 e. The van der Waals surface area contributed by atoms with Crippen LogP contribution in [0.5, 0.6) is 0 Å². The van der Waals surface area contributed by atoms with Gasteiger partial charge in [0, 0.05) is 16.3 Å². The van der Waals surface area contributed by atoms with Crippen LogP contribution < -0.4 is 5.73 Å². The van der Waals surface area contributed by atoms with Crippen LogP contribution in [-0.2, 0) is 0 Å². The Kier molecular flexibility index (Phi) is 4.29. The van der Waals surface area contributed by atoms with Crippen LogP contribution in [0.1, 0.15) is 18.9 Å². The molecule has 3 heteroatoms. The van der Waals surface area contributed by atoms with Crippen LogP contribution in [0.4, 0.5) is 5.69 Å². The molecule has 1 unspecified atom stereocenters. The lowest BCUT2D eigenvalue weighted by molar-refractivity contribution is 0.195. The molecule has 0 aliphatic rings. The summed E-state index contributed by atoms with van der Waals surface area (Å²) >= 11 is 1.61. The van der Waals surface area contributed by atoms with E-state index in [1.165, 1.54) is 5.56 Å². The first-order chi connectivity index (χ1) is 6.63. The monoisotopic (exact) mass is 211 g/mol. The van der Waals surface area contributed by atoms with Crippen molar-refractivity contribution in [3.63, 3.8) is 0 Å². The van der Waals surface area contributed by atoms with Gasteiger partial charge in [-0.15, -0.1) is 11.8 Å². The Hall–Kier alpha value is -0.670. The summed E-state index contributed by atoms with van der Waals surface area (Å²) in [6.45, 7) is 4.00. The van der Waals surface area contributed by atoms with Crippen molar-refractivity contribution in [2.24, 2.45) is 0 Å². The summed E-state index contributed by atoms with van der Waals surface area (Å²) < 4.78 is 0. The maximum absolute atomic E-state index is 9.40. The van der Waals surface area contributed by atoms with E-state index in [4.69, 9.17) is 5.73 Å². The lowest BCUT2D eigenvalue weighted by Gasteiger charge is -2.09. The zero-order valence-corrected chi connectivity index (χ0v) is 9.47. The van der Waals surface area contributed by atoms with Gasteiger partial charge < -0.3 is 10.8 Å². The molecule has 14 heavy (non-hydrogen) atoms. The van der Waals surface area contributed by atoms with Gasteiger partial charge >= 0.3 is 0 Å². The molecular weight excluding hydrogens is 194 g/mol. The third-order valence-electron chi connectivity index (χ3n) is 2.07. The Labute approximate surface area is 89.5 Å². The zero-order valence-electron chi connectivity index (χ0n) is 8.66. The molecule has 0 aliphatic carbocycles. The van der Waals surface area contributed by atoms with Gasteiger partial charge in [0.1, 0.15) is 0 Å². The van der Waals surface area contributed by atoms with E-state index < -0.39 is 0 Å². The van der Waals surface area contributed by atoms with E-state index in [1.807, 2.05) is 32.0 Å². The molecule has 1 aromatic carbocycles. The normalized spacial score (nSPS) is 12.8. The highest BCUT2D eigenvalue weighted by atomic mass is 32.2. The Balaban J connectivity index is 2.59. The number of rotatable bonds is 4. The van der Waals surface area contributed by atoms with Crippen molar-refractivity contribution in [3.05, 3.63) is 23.8 Å². The minimum absolute atomic E-state index is 0.235. The fourth-order valence-corrected chi connectivity index (χ4v) is 2.10. The summed E-state index contributed by atoms with van der Waals surface area (Å²) in [6.07, 6.45) is 0.555. The van der Waals surface area contributed by atoms with E-state index in [0.29, 0.717) is 5.75 Å². The molecule has 2 nitrogen and oxygen atoms in total. The maximum Gasteiger partial charge on any atom is 0.0631 e. The van der Waals surface area contributed by atoms with Gasteiger partial charge in [0.2, 0.25) is 0 Å². The van der Waals surface area contributed by atoms with Crippen LogP contribution >= 0.6 is 11.8 Å². The number of thioether (sulfide) groups is 1. The zero-order chi connectivity index (χ0) is 10.6. The second-order valence-electron chi connectivity index (χ2n) is 3.41. The summed E-state index contributed by atoms with van der Waals surface area (Å²) in [6, 6.07) is 6.01. The molecule has 0 bridgehead atoms. The quantitative estimate of drug-likeness (QED) is 0.594. The third-order valence-corrected chi connectivity index (χ3v) is 3.30. The summed E-state index contributed by atoms with van der Waals surface area (Å²) in [5.41, 5.74) is 7.82. The standard InChI is InChI=1S/C11H17NOS/c1-3-9(13)7-14-11-5-4-8(2)6-10(11)12/h4-6,9,13H,3,7,12H2,1-2H3. The van der Waals surface area contributed by atoms with Crippen LogP contribution in [0.2, 0.25) is 0 Å². The van der Waals surface area contributed by atoms with E-state index >= 15 is 0 Å². The van der Waals surface area contributed by atoms with Crippen molar-refractivity contribution in [1.82, 2.24) is 0 Å². The predicted octanol–water partition coefficient (Wildman–Crippen LogP) is 2.44. The molecule has 0 aromatic heterocycles. The number of hydrogen-bond donors (Lipinski definition) is 2. The average Bonchev–Trinajstić information content (AvgIpc) is 2.16. The highest BCUT2D eigenvalue weighted by Gasteiger charge is 2.04. The molecule has 0 radical (unpaired) electrons. The van der Waals surface area contributed by atoms with Crippen molar-refractivity contribution in [3.8, 4) is 0 Å². The van der Waals surface area contributed by atoms with Gasteiger partial charge in [-0.1, -0.05) is 13.0 Å². The molecule has 0 aliphatic heterocycles. The predicted molar refractivity (Wildman–Crippen MR) is 62.6 cm³/mol. The molecule has 78 valence electrons.